The van der Waals surface area contributed by atoms with E-state index in [1.807, 2.05) is 0 Å². The molecule has 17 heavy (non-hydrogen) atoms. The Morgan fingerprint density at radius 2 is 2.24 bits per heavy atom. The highest BCUT2D eigenvalue weighted by atomic mass is 32.2. The van der Waals surface area contributed by atoms with E-state index in [1.54, 1.807) is 0 Å². The average Bonchev–Trinajstić information content (AvgIpc) is 2.36. The number of hydrogen-bond acceptors (Lipinski definition) is 5. The highest BCUT2D eigenvalue weighted by Crippen LogP contribution is 2.21. The number of rotatable bonds is 3. The van der Waals surface area contributed by atoms with Crippen LogP contribution in [0.15, 0.2) is 0 Å². The molecular formula is C10H16N2O4S. The molecule has 0 spiro atoms. The Balaban J connectivity index is 2.84. The predicted molar refractivity (Wildman–Crippen MR) is 60.3 cm³/mol. The Bertz CT molecular complexity index is 426. The van der Waals surface area contributed by atoms with Crippen LogP contribution >= 0.6 is 0 Å². The first-order valence-corrected chi connectivity index (χ1v) is 6.90. The van der Waals surface area contributed by atoms with Crippen molar-refractivity contribution in [2.45, 2.75) is 25.0 Å². The van der Waals surface area contributed by atoms with Crippen molar-refractivity contribution in [3.63, 3.8) is 0 Å². The minimum atomic E-state index is -3.71. The molecule has 0 aromatic carbocycles. The molecule has 0 radical (unpaired) electrons. The summed E-state index contributed by atoms with van der Waals surface area (Å²) in [4.78, 5) is 11.3. The first-order chi connectivity index (χ1) is 7.93. The van der Waals surface area contributed by atoms with Crippen LogP contribution in [-0.4, -0.2) is 44.1 Å². The summed E-state index contributed by atoms with van der Waals surface area (Å²) in [6.07, 6.45) is 1.35. The van der Waals surface area contributed by atoms with Crippen LogP contribution < -0.4 is 0 Å². The summed E-state index contributed by atoms with van der Waals surface area (Å²) in [7, 11) is -2.55. The molecule has 0 N–H and O–H groups in total. The van der Waals surface area contributed by atoms with E-state index >= 15 is 0 Å². The summed E-state index contributed by atoms with van der Waals surface area (Å²) in [5, 5.41) is 7.59. The summed E-state index contributed by atoms with van der Waals surface area (Å²) in [5.41, 5.74) is 0. The minimum absolute atomic E-state index is 0.167. The van der Waals surface area contributed by atoms with Gasteiger partial charge in [-0.05, 0) is 19.8 Å². The molecule has 0 aromatic rings. The number of methoxy groups -OCH3 is 1. The molecule has 1 rings (SSSR count). The normalized spacial score (nSPS) is 23.7. The van der Waals surface area contributed by atoms with Gasteiger partial charge >= 0.3 is 5.97 Å². The lowest BCUT2D eigenvalue weighted by Crippen LogP contribution is -2.46. The van der Waals surface area contributed by atoms with Crippen LogP contribution in [-0.2, 0) is 19.6 Å². The van der Waals surface area contributed by atoms with Gasteiger partial charge in [0.1, 0.15) is 0 Å². The number of sulfonamides is 1. The Morgan fingerprint density at radius 1 is 1.59 bits per heavy atom. The SMILES string of the molecule is COC(=O)C(C)S(=O)(=O)N1CCCC(C#N)C1. The van der Waals surface area contributed by atoms with Crippen LogP contribution in [0.4, 0.5) is 0 Å². The second-order valence-electron chi connectivity index (χ2n) is 4.04. The van der Waals surface area contributed by atoms with E-state index in [1.165, 1.54) is 11.2 Å². The Hall–Kier alpha value is -1.13. The van der Waals surface area contributed by atoms with E-state index in [-0.39, 0.29) is 12.5 Å². The third-order valence-electron chi connectivity index (χ3n) is 2.91. The molecular weight excluding hydrogens is 244 g/mol. The first-order valence-electron chi connectivity index (χ1n) is 5.40. The van der Waals surface area contributed by atoms with Crippen LogP contribution in [0, 0.1) is 17.2 Å². The second kappa shape index (κ2) is 5.47. The quantitative estimate of drug-likeness (QED) is 0.672. The van der Waals surface area contributed by atoms with Gasteiger partial charge in [0, 0.05) is 13.1 Å². The van der Waals surface area contributed by atoms with Gasteiger partial charge in [-0.15, -0.1) is 0 Å². The zero-order chi connectivity index (χ0) is 13.1. The number of nitrogens with zero attached hydrogens (tertiary/aromatic N) is 2. The number of hydrogen-bond donors (Lipinski definition) is 0. The largest absolute Gasteiger partial charge is 0.468 e. The van der Waals surface area contributed by atoms with Gasteiger partial charge in [0.05, 0.1) is 19.1 Å². The second-order valence-corrected chi connectivity index (χ2v) is 6.29. The van der Waals surface area contributed by atoms with E-state index in [0.717, 1.165) is 7.11 Å². The summed E-state index contributed by atoms with van der Waals surface area (Å²) >= 11 is 0. The molecule has 6 nitrogen and oxygen atoms in total. The van der Waals surface area contributed by atoms with E-state index in [2.05, 4.69) is 10.8 Å². The third-order valence-corrected chi connectivity index (χ3v) is 5.04. The molecule has 0 amide bonds. The number of nitriles is 1. The van der Waals surface area contributed by atoms with Crippen LogP contribution in [0.2, 0.25) is 0 Å². The lowest BCUT2D eigenvalue weighted by Gasteiger charge is -2.30. The molecule has 0 bridgehead atoms. The van der Waals surface area contributed by atoms with Crippen molar-refractivity contribution in [1.82, 2.24) is 4.31 Å². The average molecular weight is 260 g/mol. The number of carbonyl (C=O) groups excluding carboxylic acids is 1. The van der Waals surface area contributed by atoms with Crippen molar-refractivity contribution in [3.05, 3.63) is 0 Å². The van der Waals surface area contributed by atoms with Crippen molar-refractivity contribution in [2.24, 2.45) is 5.92 Å². The zero-order valence-corrected chi connectivity index (χ0v) is 10.7. The van der Waals surface area contributed by atoms with Crippen molar-refractivity contribution in [2.75, 3.05) is 20.2 Å². The zero-order valence-electron chi connectivity index (χ0n) is 9.92. The lowest BCUT2D eigenvalue weighted by atomic mass is 10.0. The molecule has 96 valence electrons. The highest BCUT2D eigenvalue weighted by molar-refractivity contribution is 7.90. The highest BCUT2D eigenvalue weighted by Gasteiger charge is 2.37. The first kappa shape index (κ1) is 13.9. The standard InChI is InChI=1S/C10H16N2O4S/c1-8(10(13)16-2)17(14,15)12-5-3-4-9(6-11)7-12/h8-9H,3-5,7H2,1-2H3. The number of ether oxygens (including phenoxy) is 1. The molecule has 1 aliphatic heterocycles. The van der Waals surface area contributed by atoms with Crippen molar-refractivity contribution in [3.8, 4) is 6.07 Å². The molecule has 1 fully saturated rings. The van der Waals surface area contributed by atoms with Crippen molar-refractivity contribution >= 4 is 16.0 Å². The minimum Gasteiger partial charge on any atom is -0.468 e. The fourth-order valence-electron chi connectivity index (χ4n) is 1.79. The maximum absolute atomic E-state index is 12.1. The predicted octanol–water partition coefficient (Wildman–Crippen LogP) is 0.113. The van der Waals surface area contributed by atoms with Crippen molar-refractivity contribution < 1.29 is 17.9 Å². The van der Waals surface area contributed by atoms with Gasteiger partial charge in [-0.2, -0.15) is 9.57 Å². The molecule has 7 heteroatoms. The fraction of sp³-hybridized carbons (Fsp3) is 0.800. The summed E-state index contributed by atoms with van der Waals surface area (Å²) in [6, 6.07) is 2.07. The van der Waals surface area contributed by atoms with E-state index in [0.29, 0.717) is 19.4 Å². The van der Waals surface area contributed by atoms with Crippen molar-refractivity contribution in [1.29, 1.82) is 5.26 Å². The molecule has 1 saturated heterocycles. The Labute approximate surface area is 101 Å². The van der Waals surface area contributed by atoms with Gasteiger partial charge in [0.15, 0.2) is 5.25 Å². The molecule has 0 aromatic heterocycles. The molecule has 1 aliphatic rings. The summed E-state index contributed by atoms with van der Waals surface area (Å²) in [5.74, 6) is -1.06. The molecule has 2 atom stereocenters. The molecule has 0 saturated carbocycles. The smallest absolute Gasteiger partial charge is 0.325 e. The lowest BCUT2D eigenvalue weighted by molar-refractivity contribution is -0.139. The summed E-state index contributed by atoms with van der Waals surface area (Å²) < 4.78 is 29.8. The third kappa shape index (κ3) is 2.96. The monoisotopic (exact) mass is 260 g/mol. The molecule has 1 heterocycles. The maximum Gasteiger partial charge on any atom is 0.325 e. The molecule has 2 unspecified atom stereocenters. The Morgan fingerprint density at radius 3 is 2.76 bits per heavy atom. The van der Waals surface area contributed by atoms with E-state index in [9.17, 15) is 13.2 Å². The number of carbonyl (C=O) groups is 1. The number of esters is 1. The van der Waals surface area contributed by atoms with Crippen LogP contribution in [0.25, 0.3) is 0 Å². The van der Waals surface area contributed by atoms with Crippen LogP contribution in [0.5, 0.6) is 0 Å². The number of piperidine rings is 1. The van der Waals surface area contributed by atoms with Crippen LogP contribution in [0.1, 0.15) is 19.8 Å². The fourth-order valence-corrected chi connectivity index (χ4v) is 3.35. The topological polar surface area (TPSA) is 87.5 Å². The maximum atomic E-state index is 12.1. The Kier molecular flexibility index (Phi) is 4.48. The van der Waals surface area contributed by atoms with Gasteiger partial charge in [-0.3, -0.25) is 4.79 Å². The van der Waals surface area contributed by atoms with Gasteiger partial charge in [-0.25, -0.2) is 8.42 Å². The van der Waals surface area contributed by atoms with Gasteiger partial charge in [0.25, 0.3) is 0 Å². The van der Waals surface area contributed by atoms with Gasteiger partial charge < -0.3 is 4.74 Å². The van der Waals surface area contributed by atoms with Crippen LogP contribution in [0.3, 0.4) is 0 Å². The van der Waals surface area contributed by atoms with E-state index < -0.39 is 21.2 Å². The summed E-state index contributed by atoms with van der Waals surface area (Å²) in [6.45, 7) is 1.83. The van der Waals surface area contributed by atoms with Gasteiger partial charge in [0.2, 0.25) is 10.0 Å². The van der Waals surface area contributed by atoms with Gasteiger partial charge in [-0.1, -0.05) is 0 Å². The molecule has 0 aliphatic carbocycles. The van der Waals surface area contributed by atoms with E-state index in [4.69, 9.17) is 5.26 Å².